The number of esters is 1. The molecule has 4 rings (SSSR count). The quantitative estimate of drug-likeness (QED) is 0.274. The van der Waals surface area contributed by atoms with Crippen molar-refractivity contribution < 1.29 is 32.5 Å². The number of hydrogen-bond donors (Lipinski definition) is 1. The molecular formula is C30H37F2NO5. The van der Waals surface area contributed by atoms with E-state index >= 15 is 0 Å². The number of ether oxygens (including phenoxy) is 4. The van der Waals surface area contributed by atoms with Gasteiger partial charge in [0.15, 0.2) is 17.4 Å². The third-order valence-corrected chi connectivity index (χ3v) is 7.35. The number of halogens is 2. The molecule has 38 heavy (non-hydrogen) atoms. The Morgan fingerprint density at radius 2 is 1.82 bits per heavy atom. The second-order valence-corrected chi connectivity index (χ2v) is 10.3. The van der Waals surface area contributed by atoms with Crippen LogP contribution in [0.25, 0.3) is 0 Å². The van der Waals surface area contributed by atoms with Gasteiger partial charge in [-0.15, -0.1) is 0 Å². The van der Waals surface area contributed by atoms with Gasteiger partial charge in [-0.3, -0.25) is 0 Å². The molecule has 0 bridgehead atoms. The Morgan fingerprint density at radius 3 is 2.47 bits per heavy atom. The predicted molar refractivity (Wildman–Crippen MR) is 140 cm³/mol. The molecule has 2 aromatic rings. The van der Waals surface area contributed by atoms with E-state index in [1.807, 2.05) is 0 Å². The molecule has 0 atom stereocenters. The van der Waals surface area contributed by atoms with Gasteiger partial charge in [0.2, 0.25) is 0 Å². The van der Waals surface area contributed by atoms with Crippen molar-refractivity contribution in [2.45, 2.75) is 64.6 Å². The minimum Gasteiger partial charge on any atom is -0.465 e. The van der Waals surface area contributed by atoms with E-state index in [2.05, 4.69) is 19.2 Å². The second kappa shape index (κ2) is 12.7. The molecule has 2 fully saturated rings. The van der Waals surface area contributed by atoms with E-state index in [4.69, 9.17) is 18.9 Å². The van der Waals surface area contributed by atoms with Crippen LogP contribution in [-0.2, 0) is 20.6 Å². The van der Waals surface area contributed by atoms with Crippen LogP contribution in [0.5, 0.6) is 11.5 Å². The lowest BCUT2D eigenvalue weighted by Crippen LogP contribution is -2.35. The number of rotatable bonds is 10. The van der Waals surface area contributed by atoms with Crippen molar-refractivity contribution in [3.05, 3.63) is 70.4 Å². The van der Waals surface area contributed by atoms with Crippen molar-refractivity contribution in [1.82, 2.24) is 5.32 Å². The molecule has 1 heterocycles. The Morgan fingerprint density at radius 1 is 1.08 bits per heavy atom. The molecule has 1 saturated heterocycles. The summed E-state index contributed by atoms with van der Waals surface area (Å²) >= 11 is 0. The Labute approximate surface area is 223 Å². The number of nitrogens with one attached hydrogen (secondary N) is 1. The van der Waals surface area contributed by atoms with Crippen LogP contribution in [0.15, 0.2) is 47.7 Å². The second-order valence-electron chi connectivity index (χ2n) is 10.3. The van der Waals surface area contributed by atoms with Crippen molar-refractivity contribution in [2.24, 2.45) is 5.92 Å². The van der Waals surface area contributed by atoms with E-state index in [1.54, 1.807) is 12.1 Å². The number of carbonyl (C=O) groups is 1. The molecule has 1 spiro atoms. The van der Waals surface area contributed by atoms with Gasteiger partial charge in [-0.05, 0) is 81.7 Å². The highest BCUT2D eigenvalue weighted by Gasteiger charge is 2.40. The predicted octanol–water partition coefficient (Wildman–Crippen LogP) is 6.68. The summed E-state index contributed by atoms with van der Waals surface area (Å²) in [4.78, 5) is 12.5. The summed E-state index contributed by atoms with van der Waals surface area (Å²) in [6.07, 6.45) is 6.57. The van der Waals surface area contributed by atoms with Crippen LogP contribution in [0.4, 0.5) is 8.78 Å². The summed E-state index contributed by atoms with van der Waals surface area (Å²) in [6.45, 7) is 6.43. The van der Waals surface area contributed by atoms with Crippen molar-refractivity contribution in [3.63, 3.8) is 0 Å². The molecule has 2 aromatic carbocycles. The Hall–Kier alpha value is -2.97. The van der Waals surface area contributed by atoms with Gasteiger partial charge >= 0.3 is 5.97 Å². The third kappa shape index (κ3) is 7.11. The summed E-state index contributed by atoms with van der Waals surface area (Å²) < 4.78 is 49.4. The average molecular weight is 530 g/mol. The molecule has 0 aromatic heterocycles. The molecule has 0 unspecified atom stereocenters. The molecule has 1 saturated carbocycles. The van der Waals surface area contributed by atoms with Gasteiger partial charge in [0.25, 0.3) is 0 Å². The monoisotopic (exact) mass is 529 g/mol. The number of benzene rings is 2. The highest BCUT2D eigenvalue weighted by Crippen LogP contribution is 2.40. The zero-order valence-corrected chi connectivity index (χ0v) is 22.4. The first-order chi connectivity index (χ1) is 18.3. The fourth-order valence-electron chi connectivity index (χ4n) is 5.19. The van der Waals surface area contributed by atoms with Gasteiger partial charge in [-0.25, -0.2) is 13.6 Å². The largest absolute Gasteiger partial charge is 0.465 e. The molecule has 6 nitrogen and oxygen atoms in total. The van der Waals surface area contributed by atoms with Gasteiger partial charge in [-0.1, -0.05) is 11.6 Å². The molecule has 0 amide bonds. The van der Waals surface area contributed by atoms with E-state index in [1.165, 1.54) is 30.5 Å². The van der Waals surface area contributed by atoms with Gasteiger partial charge in [0, 0.05) is 31.1 Å². The fourth-order valence-corrected chi connectivity index (χ4v) is 5.19. The van der Waals surface area contributed by atoms with Gasteiger partial charge in [0.1, 0.15) is 11.6 Å². The van der Waals surface area contributed by atoms with Gasteiger partial charge in [0.05, 0.1) is 25.9 Å². The summed E-state index contributed by atoms with van der Waals surface area (Å²) in [5.41, 5.74) is 3.74. The van der Waals surface area contributed by atoms with Crippen LogP contribution in [0.3, 0.4) is 0 Å². The number of methoxy groups -OCH3 is 1. The standard InChI is InChI=1S/C30H37F2NO5/c1-20(2)27(17-21-10-12-30(13-11-21)36-15-16-37-30)33-14-4-5-22-6-8-24(19-25(22)29(34)35-3)38-28-9-7-23(31)18-26(28)32/h6-9,18-19,21,33H,4-5,10-17H2,1-3H3. The molecule has 1 aliphatic heterocycles. The zero-order valence-electron chi connectivity index (χ0n) is 22.4. The maximum absolute atomic E-state index is 14.0. The van der Waals surface area contributed by atoms with Crippen LogP contribution in [-0.4, -0.2) is 38.6 Å². The SMILES string of the molecule is COC(=O)c1cc(Oc2ccc(F)cc2F)ccc1CCCNC(CC1CCC2(CC1)OCCO2)=C(C)C. The van der Waals surface area contributed by atoms with Gasteiger partial charge in [-0.2, -0.15) is 0 Å². The highest BCUT2D eigenvalue weighted by molar-refractivity contribution is 5.91. The van der Waals surface area contributed by atoms with Crippen molar-refractivity contribution >= 4 is 5.97 Å². The van der Waals surface area contributed by atoms with Crippen LogP contribution >= 0.6 is 0 Å². The molecule has 2 aliphatic rings. The van der Waals surface area contributed by atoms with Crippen molar-refractivity contribution in [1.29, 1.82) is 0 Å². The smallest absolute Gasteiger partial charge is 0.338 e. The summed E-state index contributed by atoms with van der Waals surface area (Å²) in [5.74, 6) is -1.57. The van der Waals surface area contributed by atoms with E-state index < -0.39 is 17.6 Å². The maximum atomic E-state index is 14.0. The first kappa shape index (κ1) is 28.0. The number of aryl methyl sites for hydroxylation is 1. The number of allylic oxidation sites excluding steroid dienone is 2. The molecular weight excluding hydrogens is 492 g/mol. The Bertz CT molecular complexity index is 1150. The molecule has 1 aliphatic carbocycles. The first-order valence-electron chi connectivity index (χ1n) is 13.3. The van der Waals surface area contributed by atoms with Crippen LogP contribution in [0.2, 0.25) is 0 Å². The number of hydrogen-bond acceptors (Lipinski definition) is 6. The lowest BCUT2D eigenvalue weighted by atomic mass is 9.82. The van der Waals surface area contributed by atoms with Crippen LogP contribution < -0.4 is 10.1 Å². The van der Waals surface area contributed by atoms with Gasteiger partial charge < -0.3 is 24.3 Å². The average Bonchev–Trinajstić information content (AvgIpc) is 3.36. The summed E-state index contributed by atoms with van der Waals surface area (Å²) in [6, 6.07) is 8.08. The molecule has 1 N–H and O–H groups in total. The lowest BCUT2D eigenvalue weighted by Gasteiger charge is -2.36. The minimum atomic E-state index is -0.817. The maximum Gasteiger partial charge on any atom is 0.338 e. The fraction of sp³-hybridized carbons (Fsp3) is 0.500. The van der Waals surface area contributed by atoms with E-state index in [0.717, 1.165) is 62.8 Å². The highest BCUT2D eigenvalue weighted by atomic mass is 19.1. The summed E-state index contributed by atoms with van der Waals surface area (Å²) in [5, 5.41) is 3.62. The minimum absolute atomic E-state index is 0.121. The molecule has 0 radical (unpaired) electrons. The zero-order chi connectivity index (χ0) is 27.1. The normalized spacial score (nSPS) is 16.9. The van der Waals surface area contributed by atoms with E-state index in [0.29, 0.717) is 31.1 Å². The van der Waals surface area contributed by atoms with Crippen molar-refractivity contribution in [2.75, 3.05) is 26.9 Å². The van der Waals surface area contributed by atoms with E-state index in [9.17, 15) is 13.6 Å². The topological polar surface area (TPSA) is 66.0 Å². The van der Waals surface area contributed by atoms with Crippen molar-refractivity contribution in [3.8, 4) is 11.5 Å². The van der Waals surface area contributed by atoms with E-state index in [-0.39, 0.29) is 17.3 Å². The lowest BCUT2D eigenvalue weighted by molar-refractivity contribution is -0.182. The first-order valence-corrected chi connectivity index (χ1v) is 13.3. The number of carbonyl (C=O) groups excluding carboxylic acids is 1. The summed E-state index contributed by atoms with van der Waals surface area (Å²) in [7, 11) is 1.32. The Kier molecular flexibility index (Phi) is 9.39. The molecule has 206 valence electrons. The van der Waals surface area contributed by atoms with Crippen LogP contribution in [0.1, 0.15) is 68.3 Å². The molecule has 8 heteroatoms. The Balaban J connectivity index is 1.31. The van der Waals surface area contributed by atoms with Crippen LogP contribution in [0, 0.1) is 17.6 Å². The third-order valence-electron chi connectivity index (χ3n) is 7.35.